The van der Waals surface area contributed by atoms with Crippen LogP contribution in [0, 0.1) is 11.3 Å². The molecule has 3 aromatic rings. The molecule has 1 aliphatic carbocycles. The molecular weight excluding hydrogens is 385 g/mol. The molecule has 0 saturated heterocycles. The van der Waals surface area contributed by atoms with E-state index in [2.05, 4.69) is 31.0 Å². The maximum Gasteiger partial charge on any atom is 0.435 e. The maximum absolute atomic E-state index is 13.4. The van der Waals surface area contributed by atoms with Gasteiger partial charge in [0.05, 0.1) is 5.69 Å². The number of H-pyrrole nitrogens is 1. The molecule has 0 unspecified atom stereocenters. The van der Waals surface area contributed by atoms with Gasteiger partial charge in [-0.05, 0) is 55.2 Å². The molecule has 0 aliphatic heterocycles. The third-order valence-corrected chi connectivity index (χ3v) is 4.65. The van der Waals surface area contributed by atoms with Gasteiger partial charge in [0, 0.05) is 23.1 Å². The number of fused-ring (bicyclic) bond motifs is 1. The van der Waals surface area contributed by atoms with Crippen LogP contribution in [-0.2, 0) is 19.0 Å². The molecule has 29 heavy (non-hydrogen) atoms. The van der Waals surface area contributed by atoms with Crippen LogP contribution in [0.15, 0.2) is 30.5 Å². The highest BCUT2D eigenvalue weighted by molar-refractivity contribution is 5.74. The third-order valence-electron chi connectivity index (χ3n) is 4.65. The van der Waals surface area contributed by atoms with Crippen LogP contribution < -0.4 is 5.32 Å². The molecule has 0 radical (unpaired) electrons. The molecule has 0 bridgehead atoms. The summed E-state index contributed by atoms with van der Waals surface area (Å²) in [6.07, 6.45) is -0.510. The van der Waals surface area contributed by atoms with E-state index in [4.69, 9.17) is 5.26 Å². The fourth-order valence-electron chi connectivity index (χ4n) is 3.32. The van der Waals surface area contributed by atoms with Crippen molar-refractivity contribution < 1.29 is 13.2 Å². The average molecular weight is 400 g/mol. The van der Waals surface area contributed by atoms with Crippen molar-refractivity contribution >= 4 is 11.3 Å². The number of hydrogen-bond donors (Lipinski definition) is 2. The Morgan fingerprint density at radius 2 is 1.97 bits per heavy atom. The van der Waals surface area contributed by atoms with Gasteiger partial charge in [0.2, 0.25) is 5.82 Å². The smallest absolute Gasteiger partial charge is 0.360 e. The Morgan fingerprint density at radius 1 is 1.21 bits per heavy atom. The SMILES string of the molecule is N#CC(=CNc1ccc(-n2nc(C(F)(F)F)c3c2CCCC3)cc1)c1nn[nH]n1. The Hall–Kier alpha value is -3.68. The minimum absolute atomic E-state index is 0.152. The molecule has 1 aromatic carbocycles. The highest BCUT2D eigenvalue weighted by Crippen LogP contribution is 2.36. The topological polar surface area (TPSA) is 108 Å². The van der Waals surface area contributed by atoms with E-state index in [0.29, 0.717) is 35.5 Å². The number of anilines is 1. The lowest BCUT2D eigenvalue weighted by atomic mass is 9.95. The normalized spacial score (nSPS) is 14.3. The van der Waals surface area contributed by atoms with Gasteiger partial charge in [-0.25, -0.2) is 4.68 Å². The Morgan fingerprint density at radius 3 is 2.62 bits per heavy atom. The second kappa shape index (κ2) is 7.38. The highest BCUT2D eigenvalue weighted by atomic mass is 19.4. The summed E-state index contributed by atoms with van der Waals surface area (Å²) >= 11 is 0. The Labute approximate surface area is 163 Å². The summed E-state index contributed by atoms with van der Waals surface area (Å²) in [6.45, 7) is 0. The van der Waals surface area contributed by atoms with Crippen molar-refractivity contribution in [3.05, 3.63) is 53.2 Å². The van der Waals surface area contributed by atoms with E-state index in [0.717, 1.165) is 12.8 Å². The van der Waals surface area contributed by atoms with Crippen molar-refractivity contribution in [2.75, 3.05) is 5.32 Å². The zero-order chi connectivity index (χ0) is 20.4. The number of benzene rings is 1. The predicted molar refractivity (Wildman–Crippen MR) is 96.6 cm³/mol. The largest absolute Gasteiger partial charge is 0.435 e. The van der Waals surface area contributed by atoms with Gasteiger partial charge in [-0.2, -0.15) is 28.7 Å². The molecule has 0 fully saturated rings. The van der Waals surface area contributed by atoms with Crippen molar-refractivity contribution in [2.24, 2.45) is 0 Å². The monoisotopic (exact) mass is 400 g/mol. The number of allylic oxidation sites excluding steroid dienone is 1. The number of rotatable bonds is 4. The van der Waals surface area contributed by atoms with E-state index in [1.165, 1.54) is 10.9 Å². The van der Waals surface area contributed by atoms with Crippen LogP contribution in [0.2, 0.25) is 0 Å². The molecule has 148 valence electrons. The van der Waals surface area contributed by atoms with Gasteiger partial charge in [-0.1, -0.05) is 0 Å². The molecule has 1 aliphatic rings. The van der Waals surface area contributed by atoms with Crippen LogP contribution in [0.25, 0.3) is 11.3 Å². The first-order valence-electron chi connectivity index (χ1n) is 8.86. The van der Waals surface area contributed by atoms with E-state index in [1.807, 2.05) is 6.07 Å². The van der Waals surface area contributed by atoms with Gasteiger partial charge in [0.15, 0.2) is 5.69 Å². The van der Waals surface area contributed by atoms with Crippen molar-refractivity contribution in [3.8, 4) is 11.8 Å². The number of aromatic nitrogens is 6. The van der Waals surface area contributed by atoms with Crippen molar-refractivity contribution in [1.82, 2.24) is 30.4 Å². The lowest BCUT2D eigenvalue weighted by Gasteiger charge is -2.15. The van der Waals surface area contributed by atoms with E-state index in [1.54, 1.807) is 24.3 Å². The van der Waals surface area contributed by atoms with Crippen LogP contribution >= 0.6 is 0 Å². The summed E-state index contributed by atoms with van der Waals surface area (Å²) in [4.78, 5) is 0. The number of aromatic amines is 1. The molecule has 2 N–H and O–H groups in total. The van der Waals surface area contributed by atoms with Gasteiger partial charge in [0.1, 0.15) is 11.6 Å². The van der Waals surface area contributed by atoms with E-state index >= 15 is 0 Å². The van der Waals surface area contributed by atoms with Gasteiger partial charge in [0.25, 0.3) is 0 Å². The van der Waals surface area contributed by atoms with E-state index in [-0.39, 0.29) is 11.4 Å². The van der Waals surface area contributed by atoms with Gasteiger partial charge < -0.3 is 5.32 Å². The number of tetrazole rings is 1. The Kier molecular flexibility index (Phi) is 4.75. The fraction of sp³-hybridized carbons (Fsp3) is 0.278. The number of nitriles is 1. The second-order valence-electron chi connectivity index (χ2n) is 6.49. The molecule has 0 amide bonds. The van der Waals surface area contributed by atoms with E-state index < -0.39 is 11.9 Å². The van der Waals surface area contributed by atoms with E-state index in [9.17, 15) is 13.2 Å². The maximum atomic E-state index is 13.4. The molecule has 0 spiro atoms. The summed E-state index contributed by atoms with van der Waals surface area (Å²) in [7, 11) is 0. The van der Waals surface area contributed by atoms with Gasteiger partial charge in [-0.3, -0.25) is 0 Å². The van der Waals surface area contributed by atoms with Crippen molar-refractivity contribution in [2.45, 2.75) is 31.9 Å². The molecule has 0 atom stereocenters. The molecule has 2 heterocycles. The first-order chi connectivity index (χ1) is 14.0. The van der Waals surface area contributed by atoms with Gasteiger partial charge in [-0.15, -0.1) is 10.2 Å². The highest BCUT2D eigenvalue weighted by Gasteiger charge is 2.39. The summed E-state index contributed by atoms with van der Waals surface area (Å²) in [5, 5.41) is 29.1. The summed E-state index contributed by atoms with van der Waals surface area (Å²) in [5.41, 5.74) is 1.49. The number of halogens is 3. The first kappa shape index (κ1) is 18.7. The Bertz CT molecular complexity index is 1070. The molecule has 0 saturated carbocycles. The minimum Gasteiger partial charge on any atom is -0.360 e. The molecular formula is C18H15F3N8. The zero-order valence-corrected chi connectivity index (χ0v) is 15.0. The Balaban J connectivity index is 1.60. The van der Waals surface area contributed by atoms with Crippen LogP contribution in [-0.4, -0.2) is 30.4 Å². The van der Waals surface area contributed by atoms with Gasteiger partial charge >= 0.3 is 6.18 Å². The standard InChI is InChI=1S/C18H15F3N8/c19-18(20,21)16-14-3-1-2-4-15(14)29(26-16)13-7-5-12(6-8-13)23-10-11(9-22)17-24-27-28-25-17/h5-8,10,23H,1-4H2,(H,24,25,27,28). The zero-order valence-electron chi connectivity index (χ0n) is 15.0. The number of nitrogens with one attached hydrogen (secondary N) is 2. The second-order valence-corrected chi connectivity index (χ2v) is 6.49. The minimum atomic E-state index is -4.47. The summed E-state index contributed by atoms with van der Waals surface area (Å²) in [5.74, 6) is 0.152. The van der Waals surface area contributed by atoms with Crippen LogP contribution in [0.4, 0.5) is 18.9 Å². The predicted octanol–water partition coefficient (Wildman–Crippen LogP) is 3.26. The summed E-state index contributed by atoms with van der Waals surface area (Å²) in [6, 6.07) is 8.71. The molecule has 11 heteroatoms. The van der Waals surface area contributed by atoms with Crippen molar-refractivity contribution in [3.63, 3.8) is 0 Å². The van der Waals surface area contributed by atoms with Crippen LogP contribution in [0.3, 0.4) is 0 Å². The molecule has 8 nitrogen and oxygen atoms in total. The number of hydrogen-bond acceptors (Lipinski definition) is 6. The number of nitrogens with zero attached hydrogens (tertiary/aromatic N) is 6. The quantitative estimate of drug-likeness (QED) is 0.651. The van der Waals surface area contributed by atoms with Crippen molar-refractivity contribution in [1.29, 1.82) is 5.26 Å². The average Bonchev–Trinajstić information content (AvgIpc) is 3.37. The van der Waals surface area contributed by atoms with Crippen LogP contribution in [0.1, 0.15) is 35.6 Å². The molecule has 2 aromatic heterocycles. The fourth-order valence-corrected chi connectivity index (χ4v) is 3.32. The molecule has 4 rings (SSSR count). The lowest BCUT2D eigenvalue weighted by Crippen LogP contribution is -2.11. The first-order valence-corrected chi connectivity index (χ1v) is 8.86. The van der Waals surface area contributed by atoms with Crippen LogP contribution in [0.5, 0.6) is 0 Å². The third kappa shape index (κ3) is 3.69. The summed E-state index contributed by atoms with van der Waals surface area (Å²) < 4.78 is 41.5. The lowest BCUT2D eigenvalue weighted by molar-refractivity contribution is -0.142. The number of alkyl halides is 3.